The van der Waals surface area contributed by atoms with Gasteiger partial charge < -0.3 is 4.98 Å². The summed E-state index contributed by atoms with van der Waals surface area (Å²) in [6.07, 6.45) is 1.52. The highest BCUT2D eigenvalue weighted by Gasteiger charge is 2.22. The van der Waals surface area contributed by atoms with Crippen LogP contribution in [0, 0.1) is 10.1 Å². The molecule has 0 atom stereocenters. The number of aromatic nitrogens is 1. The van der Waals surface area contributed by atoms with Crippen LogP contribution in [0.15, 0.2) is 40.3 Å². The van der Waals surface area contributed by atoms with Crippen LogP contribution in [0.2, 0.25) is 0 Å². The number of carbonyl (C=O) groups is 1. The lowest BCUT2D eigenvalue weighted by Gasteiger charge is -1.98. The average Bonchev–Trinajstić information content (AvgIpc) is 3.03. The number of thiophene rings is 1. The zero-order chi connectivity index (χ0) is 14.3. The van der Waals surface area contributed by atoms with Crippen LogP contribution in [0.4, 0.5) is 5.69 Å². The topological polar surface area (TPSA) is 76.0 Å². The lowest BCUT2D eigenvalue weighted by Crippen LogP contribution is -1.99. The normalized spacial score (nSPS) is 10.8. The number of aromatic amines is 1. The Bertz CT molecular complexity index is 837. The van der Waals surface area contributed by atoms with E-state index in [1.807, 2.05) is 0 Å². The van der Waals surface area contributed by atoms with E-state index in [1.165, 1.54) is 23.6 Å². The molecule has 2 aromatic heterocycles. The lowest BCUT2D eigenvalue weighted by molar-refractivity contribution is -0.383. The van der Waals surface area contributed by atoms with Crippen molar-refractivity contribution in [2.75, 3.05) is 0 Å². The maximum Gasteiger partial charge on any atom is 0.279 e. The van der Waals surface area contributed by atoms with Crippen molar-refractivity contribution in [3.63, 3.8) is 0 Å². The van der Waals surface area contributed by atoms with Crippen molar-refractivity contribution in [2.24, 2.45) is 0 Å². The van der Waals surface area contributed by atoms with Crippen LogP contribution in [-0.4, -0.2) is 15.7 Å². The fourth-order valence-corrected chi connectivity index (χ4v) is 3.41. The molecule has 2 heterocycles. The Balaban J connectivity index is 2.22. The van der Waals surface area contributed by atoms with E-state index in [0.29, 0.717) is 21.3 Å². The molecule has 0 spiro atoms. The highest BCUT2D eigenvalue weighted by Crippen LogP contribution is 2.32. The number of benzene rings is 1. The van der Waals surface area contributed by atoms with Gasteiger partial charge in [-0.15, -0.1) is 11.3 Å². The van der Waals surface area contributed by atoms with E-state index in [9.17, 15) is 14.9 Å². The van der Waals surface area contributed by atoms with Gasteiger partial charge in [0.05, 0.1) is 30.1 Å². The molecule has 1 N–H and O–H groups in total. The largest absolute Gasteiger partial charge is 0.360 e. The summed E-state index contributed by atoms with van der Waals surface area (Å²) in [6.45, 7) is 0. The van der Waals surface area contributed by atoms with Crippen molar-refractivity contribution < 1.29 is 9.72 Å². The van der Waals surface area contributed by atoms with Gasteiger partial charge in [-0.2, -0.15) is 0 Å². The molecular weight excluding hydrogens is 344 g/mol. The van der Waals surface area contributed by atoms with E-state index in [1.54, 1.807) is 24.3 Å². The second kappa shape index (κ2) is 4.84. The van der Waals surface area contributed by atoms with E-state index in [0.717, 1.165) is 3.79 Å². The first-order chi connectivity index (χ1) is 9.58. The average molecular weight is 351 g/mol. The van der Waals surface area contributed by atoms with Crippen molar-refractivity contribution in [1.82, 2.24) is 4.98 Å². The molecule has 100 valence electrons. The number of carbonyl (C=O) groups excluding carboxylic acids is 1. The summed E-state index contributed by atoms with van der Waals surface area (Å²) < 4.78 is 0.843. The lowest BCUT2D eigenvalue weighted by atomic mass is 10.1. The van der Waals surface area contributed by atoms with Gasteiger partial charge in [0.25, 0.3) is 5.69 Å². The Morgan fingerprint density at radius 1 is 1.30 bits per heavy atom. The summed E-state index contributed by atoms with van der Waals surface area (Å²) in [5.41, 5.74) is 0.836. The zero-order valence-corrected chi connectivity index (χ0v) is 12.3. The summed E-state index contributed by atoms with van der Waals surface area (Å²) in [5.74, 6) is -0.221. The Labute approximate surface area is 125 Å². The molecule has 0 aliphatic heterocycles. The van der Waals surface area contributed by atoms with E-state index >= 15 is 0 Å². The number of hydrogen-bond acceptors (Lipinski definition) is 4. The van der Waals surface area contributed by atoms with Gasteiger partial charge >= 0.3 is 0 Å². The van der Waals surface area contributed by atoms with Gasteiger partial charge in [-0.05, 0) is 34.1 Å². The Morgan fingerprint density at radius 3 is 2.75 bits per heavy atom. The molecule has 0 aliphatic rings. The van der Waals surface area contributed by atoms with Crippen LogP contribution < -0.4 is 0 Å². The van der Waals surface area contributed by atoms with Gasteiger partial charge in [-0.3, -0.25) is 14.9 Å². The number of hydrogen-bond donors (Lipinski definition) is 1. The fraction of sp³-hybridized carbons (Fsp3) is 0. The first-order valence-corrected chi connectivity index (χ1v) is 7.23. The number of nitrogens with zero attached hydrogens (tertiary/aromatic N) is 1. The van der Waals surface area contributed by atoms with Gasteiger partial charge in [-0.1, -0.05) is 6.07 Å². The summed E-state index contributed by atoms with van der Waals surface area (Å²) in [7, 11) is 0. The quantitative estimate of drug-likeness (QED) is 0.438. The summed E-state index contributed by atoms with van der Waals surface area (Å²) >= 11 is 4.60. The number of ketones is 1. The van der Waals surface area contributed by atoms with Crippen molar-refractivity contribution in [2.45, 2.75) is 0 Å². The smallest absolute Gasteiger partial charge is 0.279 e. The number of non-ortho nitro benzene ring substituents is 1. The maximum absolute atomic E-state index is 12.5. The van der Waals surface area contributed by atoms with Crippen molar-refractivity contribution >= 4 is 49.6 Å². The molecule has 3 rings (SSSR count). The van der Waals surface area contributed by atoms with Crippen molar-refractivity contribution in [1.29, 1.82) is 0 Å². The maximum atomic E-state index is 12.5. The molecule has 3 aromatic rings. The molecule has 0 aliphatic carbocycles. The number of halogens is 1. The van der Waals surface area contributed by atoms with Crippen LogP contribution in [0.1, 0.15) is 15.2 Å². The molecule has 0 radical (unpaired) electrons. The van der Waals surface area contributed by atoms with Crippen LogP contribution in [-0.2, 0) is 0 Å². The van der Waals surface area contributed by atoms with Crippen molar-refractivity contribution in [3.05, 3.63) is 60.9 Å². The molecule has 0 amide bonds. The standard InChI is InChI=1S/C13H7BrN2O3S/c14-11-5-4-10(20-11)13(17)7-6-15-8-2-1-3-9(12(7)8)16(18)19/h1-6,15H. The van der Waals surface area contributed by atoms with Crippen LogP contribution in [0.25, 0.3) is 10.9 Å². The second-order valence-electron chi connectivity index (χ2n) is 4.09. The minimum atomic E-state index is -0.475. The molecule has 5 nitrogen and oxygen atoms in total. The third-order valence-electron chi connectivity index (χ3n) is 2.92. The Kier molecular flexibility index (Phi) is 3.15. The number of H-pyrrole nitrogens is 1. The summed E-state index contributed by atoms with van der Waals surface area (Å²) in [4.78, 5) is 26.5. The Hall–Kier alpha value is -1.99. The minimum Gasteiger partial charge on any atom is -0.360 e. The summed E-state index contributed by atoms with van der Waals surface area (Å²) in [6, 6.07) is 8.18. The third kappa shape index (κ3) is 2.04. The highest BCUT2D eigenvalue weighted by atomic mass is 79.9. The molecule has 1 aromatic carbocycles. The number of nitro benzene ring substituents is 1. The molecular formula is C13H7BrN2O3S. The predicted octanol–water partition coefficient (Wildman–Crippen LogP) is 4.13. The molecule has 0 unspecified atom stereocenters. The predicted molar refractivity (Wildman–Crippen MR) is 80.4 cm³/mol. The summed E-state index contributed by atoms with van der Waals surface area (Å²) in [5, 5.41) is 11.5. The Morgan fingerprint density at radius 2 is 2.10 bits per heavy atom. The molecule has 0 saturated carbocycles. The monoisotopic (exact) mass is 350 g/mol. The van der Waals surface area contributed by atoms with Crippen LogP contribution >= 0.6 is 27.3 Å². The SMILES string of the molecule is O=C(c1ccc(Br)s1)c1c[nH]c2cccc([N+](=O)[O-])c12. The first-order valence-electron chi connectivity index (χ1n) is 5.62. The van der Waals surface area contributed by atoms with E-state index in [-0.39, 0.29) is 11.5 Å². The van der Waals surface area contributed by atoms with Gasteiger partial charge in [0.1, 0.15) is 0 Å². The third-order valence-corrected chi connectivity index (χ3v) is 4.54. The molecule has 0 saturated heterocycles. The zero-order valence-electron chi connectivity index (χ0n) is 9.92. The molecule has 0 bridgehead atoms. The van der Waals surface area contributed by atoms with Crippen molar-refractivity contribution in [3.8, 4) is 0 Å². The number of nitro groups is 1. The first kappa shape index (κ1) is 13.0. The van der Waals surface area contributed by atoms with Crippen LogP contribution in [0.5, 0.6) is 0 Å². The number of nitrogens with one attached hydrogen (secondary N) is 1. The van der Waals surface area contributed by atoms with Gasteiger partial charge in [0.15, 0.2) is 0 Å². The molecule has 0 fully saturated rings. The van der Waals surface area contributed by atoms with E-state index in [4.69, 9.17) is 0 Å². The van der Waals surface area contributed by atoms with Crippen LogP contribution in [0.3, 0.4) is 0 Å². The van der Waals surface area contributed by atoms with E-state index in [2.05, 4.69) is 20.9 Å². The van der Waals surface area contributed by atoms with Gasteiger partial charge in [-0.25, -0.2) is 0 Å². The van der Waals surface area contributed by atoms with E-state index < -0.39 is 4.92 Å². The minimum absolute atomic E-state index is 0.0669. The van der Waals surface area contributed by atoms with Gasteiger partial charge in [0, 0.05) is 12.3 Å². The number of rotatable bonds is 3. The number of fused-ring (bicyclic) bond motifs is 1. The fourth-order valence-electron chi connectivity index (χ4n) is 2.07. The van der Waals surface area contributed by atoms with Gasteiger partial charge in [0.2, 0.25) is 5.78 Å². The second-order valence-corrected chi connectivity index (χ2v) is 6.56. The highest BCUT2D eigenvalue weighted by molar-refractivity contribution is 9.11. The molecule has 20 heavy (non-hydrogen) atoms. The molecule has 7 heteroatoms.